The number of hydrogen-bond donors (Lipinski definition) is 1. The molecule has 0 saturated carbocycles. The molecule has 0 saturated heterocycles. The highest BCUT2D eigenvalue weighted by Crippen LogP contribution is 2.17. The van der Waals surface area contributed by atoms with Crippen molar-refractivity contribution in [3.63, 3.8) is 0 Å². The molecule has 0 spiro atoms. The Bertz CT molecular complexity index is 340. The number of carbonyl (C=O) groups is 1. The Kier molecular flexibility index (Phi) is 5.53. The van der Waals surface area contributed by atoms with Crippen LogP contribution in [0.2, 0.25) is 0 Å². The highest BCUT2D eigenvalue weighted by Gasteiger charge is 2.08. The molecule has 0 fully saturated rings. The van der Waals surface area contributed by atoms with Crippen molar-refractivity contribution in [1.82, 2.24) is 0 Å². The van der Waals surface area contributed by atoms with Crippen LogP contribution in [0.4, 0.5) is 0 Å². The van der Waals surface area contributed by atoms with E-state index in [1.165, 1.54) is 0 Å². The second kappa shape index (κ2) is 6.94. The van der Waals surface area contributed by atoms with Crippen LogP contribution in [0.3, 0.4) is 0 Å². The van der Waals surface area contributed by atoms with Gasteiger partial charge in [-0.25, -0.2) is 0 Å². The summed E-state index contributed by atoms with van der Waals surface area (Å²) in [6.45, 7) is 4.31. The minimum Gasteiger partial charge on any atom is -0.490 e. The van der Waals surface area contributed by atoms with E-state index in [0.717, 1.165) is 31.4 Å². The normalized spacial score (nSPS) is 10.5. The van der Waals surface area contributed by atoms with E-state index in [9.17, 15) is 4.79 Å². The average Bonchev–Trinajstić information content (AvgIpc) is 2.30. The first-order valence-corrected chi connectivity index (χ1v) is 6.23. The Morgan fingerprint density at radius 1 is 1.18 bits per heavy atom. The first-order valence-electron chi connectivity index (χ1n) is 6.23. The number of nitrogens with two attached hydrogens (primary N) is 1. The van der Waals surface area contributed by atoms with Crippen LogP contribution in [0.15, 0.2) is 24.3 Å². The molecule has 0 unspecified atom stereocenters. The van der Waals surface area contributed by atoms with Crippen molar-refractivity contribution in [3.05, 3.63) is 29.8 Å². The lowest BCUT2D eigenvalue weighted by Crippen LogP contribution is -2.16. The maximum absolute atomic E-state index is 10.9. The number of ether oxygens (including phenoxy) is 1. The van der Waals surface area contributed by atoms with Crippen molar-refractivity contribution in [2.24, 2.45) is 5.73 Å². The topological polar surface area (TPSA) is 52.3 Å². The lowest BCUT2D eigenvalue weighted by Gasteiger charge is -2.18. The van der Waals surface area contributed by atoms with Gasteiger partial charge in [-0.05, 0) is 37.1 Å². The van der Waals surface area contributed by atoms with Crippen LogP contribution in [0.25, 0.3) is 0 Å². The van der Waals surface area contributed by atoms with E-state index in [1.54, 1.807) is 24.3 Å². The molecule has 1 aromatic rings. The second-order valence-corrected chi connectivity index (χ2v) is 4.21. The first kappa shape index (κ1) is 13.6. The molecule has 17 heavy (non-hydrogen) atoms. The van der Waals surface area contributed by atoms with E-state index in [4.69, 9.17) is 10.5 Å². The monoisotopic (exact) mass is 235 g/mol. The van der Waals surface area contributed by atoms with Gasteiger partial charge in [-0.2, -0.15) is 0 Å². The SMILES string of the molecule is CCCC(CCC)Oc1ccc(C(N)=O)cc1. The Hall–Kier alpha value is -1.51. The van der Waals surface area contributed by atoms with Crippen LogP contribution in [-0.2, 0) is 0 Å². The summed E-state index contributed by atoms with van der Waals surface area (Å²) in [5.74, 6) is 0.400. The summed E-state index contributed by atoms with van der Waals surface area (Å²) in [6, 6.07) is 7.01. The predicted octanol–water partition coefficient (Wildman–Crippen LogP) is 3.13. The summed E-state index contributed by atoms with van der Waals surface area (Å²) in [6.07, 6.45) is 4.62. The molecule has 0 aliphatic heterocycles. The van der Waals surface area contributed by atoms with Crippen molar-refractivity contribution >= 4 is 5.91 Å². The molecule has 3 heteroatoms. The summed E-state index contributed by atoms with van der Waals surface area (Å²) in [4.78, 5) is 10.9. The van der Waals surface area contributed by atoms with Gasteiger partial charge in [0.05, 0.1) is 6.10 Å². The van der Waals surface area contributed by atoms with E-state index >= 15 is 0 Å². The van der Waals surface area contributed by atoms with Crippen LogP contribution in [0.5, 0.6) is 5.75 Å². The summed E-state index contributed by atoms with van der Waals surface area (Å²) in [5.41, 5.74) is 5.69. The third-order valence-corrected chi connectivity index (χ3v) is 2.66. The Balaban J connectivity index is 2.62. The molecule has 0 aliphatic carbocycles. The molecule has 0 aliphatic rings. The largest absolute Gasteiger partial charge is 0.490 e. The van der Waals surface area contributed by atoms with Crippen LogP contribution in [0.1, 0.15) is 49.9 Å². The highest BCUT2D eigenvalue weighted by atomic mass is 16.5. The highest BCUT2D eigenvalue weighted by molar-refractivity contribution is 5.92. The van der Waals surface area contributed by atoms with Crippen LogP contribution in [-0.4, -0.2) is 12.0 Å². The van der Waals surface area contributed by atoms with Gasteiger partial charge in [0.25, 0.3) is 0 Å². The lowest BCUT2D eigenvalue weighted by molar-refractivity contribution is 0.1000. The number of benzene rings is 1. The molecule has 1 aromatic carbocycles. The minimum absolute atomic E-state index is 0.268. The number of amides is 1. The zero-order valence-electron chi connectivity index (χ0n) is 10.6. The molecular formula is C14H21NO2. The number of carbonyl (C=O) groups excluding carboxylic acids is 1. The fourth-order valence-corrected chi connectivity index (χ4v) is 1.80. The third-order valence-electron chi connectivity index (χ3n) is 2.66. The molecular weight excluding hydrogens is 214 g/mol. The zero-order valence-corrected chi connectivity index (χ0v) is 10.6. The van der Waals surface area contributed by atoms with Crippen LogP contribution >= 0.6 is 0 Å². The molecule has 0 aromatic heterocycles. The summed E-state index contributed by atoms with van der Waals surface area (Å²) >= 11 is 0. The lowest BCUT2D eigenvalue weighted by atomic mass is 10.1. The molecule has 2 N–H and O–H groups in total. The third kappa shape index (κ3) is 4.47. The standard InChI is InChI=1S/C14H21NO2/c1-3-5-12(6-4-2)17-13-9-7-11(8-10-13)14(15)16/h7-10,12H,3-6H2,1-2H3,(H2,15,16). The van der Waals surface area contributed by atoms with Crippen molar-refractivity contribution in [1.29, 1.82) is 0 Å². The molecule has 0 radical (unpaired) electrons. The van der Waals surface area contributed by atoms with Gasteiger partial charge in [-0.1, -0.05) is 26.7 Å². The first-order chi connectivity index (χ1) is 8.17. The van der Waals surface area contributed by atoms with Crippen molar-refractivity contribution in [2.75, 3.05) is 0 Å². The Morgan fingerprint density at radius 3 is 2.12 bits per heavy atom. The van der Waals surface area contributed by atoms with E-state index in [2.05, 4.69) is 13.8 Å². The summed E-state index contributed by atoms with van der Waals surface area (Å²) in [5, 5.41) is 0. The number of rotatable bonds is 7. The van der Waals surface area contributed by atoms with Gasteiger partial charge >= 0.3 is 0 Å². The zero-order chi connectivity index (χ0) is 12.7. The van der Waals surface area contributed by atoms with Crippen molar-refractivity contribution in [3.8, 4) is 5.75 Å². The van der Waals surface area contributed by atoms with Gasteiger partial charge in [0.2, 0.25) is 5.91 Å². The molecule has 94 valence electrons. The molecule has 3 nitrogen and oxygen atoms in total. The quantitative estimate of drug-likeness (QED) is 0.789. The number of primary amides is 1. The van der Waals surface area contributed by atoms with Gasteiger partial charge in [0.15, 0.2) is 0 Å². The van der Waals surface area contributed by atoms with Crippen molar-refractivity contribution in [2.45, 2.75) is 45.6 Å². The Labute approximate surface area is 103 Å². The fourth-order valence-electron chi connectivity index (χ4n) is 1.80. The summed E-state index contributed by atoms with van der Waals surface area (Å²) in [7, 11) is 0. The van der Waals surface area contributed by atoms with E-state index < -0.39 is 5.91 Å². The van der Waals surface area contributed by atoms with Gasteiger partial charge in [0.1, 0.15) is 5.75 Å². The van der Waals surface area contributed by atoms with Gasteiger partial charge in [-0.3, -0.25) is 4.79 Å². The molecule has 1 rings (SSSR count). The fraction of sp³-hybridized carbons (Fsp3) is 0.500. The molecule has 0 atom stereocenters. The minimum atomic E-state index is -0.407. The number of hydrogen-bond acceptors (Lipinski definition) is 2. The van der Waals surface area contributed by atoms with Gasteiger partial charge < -0.3 is 10.5 Å². The van der Waals surface area contributed by atoms with Crippen LogP contribution < -0.4 is 10.5 Å². The maximum Gasteiger partial charge on any atom is 0.248 e. The van der Waals surface area contributed by atoms with E-state index in [1.807, 2.05) is 0 Å². The average molecular weight is 235 g/mol. The predicted molar refractivity (Wildman–Crippen MR) is 69.2 cm³/mol. The molecule has 0 bridgehead atoms. The molecule has 1 amide bonds. The maximum atomic E-state index is 10.9. The van der Waals surface area contributed by atoms with Crippen LogP contribution in [0, 0.1) is 0 Å². The second-order valence-electron chi connectivity index (χ2n) is 4.21. The van der Waals surface area contributed by atoms with Gasteiger partial charge in [0, 0.05) is 5.56 Å². The Morgan fingerprint density at radius 2 is 1.71 bits per heavy atom. The van der Waals surface area contributed by atoms with Crippen molar-refractivity contribution < 1.29 is 9.53 Å². The van der Waals surface area contributed by atoms with E-state index in [-0.39, 0.29) is 6.10 Å². The molecule has 0 heterocycles. The summed E-state index contributed by atoms with van der Waals surface area (Å²) < 4.78 is 5.88. The van der Waals surface area contributed by atoms with E-state index in [0.29, 0.717) is 5.56 Å². The van der Waals surface area contributed by atoms with Gasteiger partial charge in [-0.15, -0.1) is 0 Å². The smallest absolute Gasteiger partial charge is 0.248 e.